The van der Waals surface area contributed by atoms with E-state index in [2.05, 4.69) is 57.7 Å². The number of hydrogen-bond donors (Lipinski definition) is 3. The second-order valence-electron chi connectivity index (χ2n) is 18.2. The van der Waals surface area contributed by atoms with Gasteiger partial charge in [-0.2, -0.15) is 4.98 Å². The van der Waals surface area contributed by atoms with Crippen molar-refractivity contribution in [2.45, 2.75) is 50.6 Å². The van der Waals surface area contributed by atoms with Crippen molar-refractivity contribution in [2.24, 2.45) is 5.92 Å². The van der Waals surface area contributed by atoms with Crippen LogP contribution >= 0.6 is 18.7 Å². The standard InChI is InChI=1S/C48H60ClN10O6P/c1-55(41-15-16-44(61)53-46(41)62)47(63)37-26-35(12-11-33(37)31-60)59-29-32(30-59)8-7-19-56-22-24-58(25-23-56)34-17-20-57(21-18-34)36-13-14-39(42(27-36)65-2)52-48-50-28-38(49)45(54-48)51-40-9-5-6-10-43(40)66(3,4)64/h5-6,9-14,26-28,31-32,34,41H,7-8,15-25,29-30H2,1-4H3,(H,53,61,62)(H2,50,51,52,54). The van der Waals surface area contributed by atoms with Crippen molar-refractivity contribution in [3.8, 4) is 5.75 Å². The Balaban J connectivity index is 0.757. The number of amides is 3. The number of carbonyl (C=O) groups excluding carboxylic acids is 4. The van der Waals surface area contributed by atoms with E-state index in [0.29, 0.717) is 46.5 Å². The van der Waals surface area contributed by atoms with Gasteiger partial charge in [0, 0.05) is 100 Å². The van der Waals surface area contributed by atoms with Crippen LogP contribution in [0, 0.1) is 5.92 Å². The minimum Gasteiger partial charge on any atom is -0.494 e. The zero-order chi connectivity index (χ0) is 46.5. The van der Waals surface area contributed by atoms with Crippen LogP contribution < -0.4 is 35.8 Å². The van der Waals surface area contributed by atoms with E-state index in [1.165, 1.54) is 11.1 Å². The van der Waals surface area contributed by atoms with E-state index < -0.39 is 25.0 Å². The number of likely N-dealkylation sites (N-methyl/N-ethyl adjacent to an activating group) is 1. The normalized spacial score (nSPS) is 19.0. The minimum absolute atomic E-state index is 0.170. The summed E-state index contributed by atoms with van der Waals surface area (Å²) < 4.78 is 18.8. The summed E-state index contributed by atoms with van der Waals surface area (Å²) in [6, 6.07) is 18.8. The molecule has 1 atom stereocenters. The van der Waals surface area contributed by atoms with Crippen LogP contribution in [-0.2, 0) is 14.2 Å². The first kappa shape index (κ1) is 47.0. The Morgan fingerprint density at radius 1 is 0.939 bits per heavy atom. The van der Waals surface area contributed by atoms with Gasteiger partial charge < -0.3 is 39.5 Å². The number of nitrogens with one attached hydrogen (secondary N) is 3. The number of aromatic nitrogens is 2. The summed E-state index contributed by atoms with van der Waals surface area (Å²) in [7, 11) is 0.654. The maximum atomic E-state index is 13.5. The summed E-state index contributed by atoms with van der Waals surface area (Å²) in [4.78, 5) is 69.7. The average Bonchev–Trinajstić information content (AvgIpc) is 3.30. The number of hydrogen-bond acceptors (Lipinski definition) is 14. The van der Waals surface area contributed by atoms with Crippen molar-refractivity contribution in [2.75, 3.05) is 107 Å². The fourth-order valence-corrected chi connectivity index (χ4v) is 10.9. The molecule has 350 valence electrons. The zero-order valence-electron chi connectivity index (χ0n) is 38.2. The molecule has 1 aromatic heterocycles. The van der Waals surface area contributed by atoms with Gasteiger partial charge in [-0.05, 0) is 100 Å². The van der Waals surface area contributed by atoms with Crippen LogP contribution in [-0.4, -0.2) is 147 Å². The molecule has 16 nitrogen and oxygen atoms in total. The number of nitrogens with zero attached hydrogens (tertiary/aromatic N) is 7. The largest absolute Gasteiger partial charge is 0.494 e. The Morgan fingerprint density at radius 2 is 1.67 bits per heavy atom. The molecule has 3 N–H and O–H groups in total. The maximum absolute atomic E-state index is 13.5. The molecule has 4 fully saturated rings. The zero-order valence-corrected chi connectivity index (χ0v) is 39.8. The topological polar surface area (TPSA) is 173 Å². The van der Waals surface area contributed by atoms with Gasteiger partial charge in [0.1, 0.15) is 24.0 Å². The molecule has 8 rings (SSSR count). The van der Waals surface area contributed by atoms with Crippen molar-refractivity contribution >= 4 is 82.6 Å². The van der Waals surface area contributed by atoms with Gasteiger partial charge in [-0.3, -0.25) is 29.4 Å². The van der Waals surface area contributed by atoms with Gasteiger partial charge in [-0.25, -0.2) is 4.98 Å². The van der Waals surface area contributed by atoms with Crippen molar-refractivity contribution in [3.63, 3.8) is 0 Å². The van der Waals surface area contributed by atoms with Gasteiger partial charge in [0.25, 0.3) is 5.91 Å². The highest BCUT2D eigenvalue weighted by molar-refractivity contribution is 7.70. The molecule has 4 aliphatic heterocycles. The van der Waals surface area contributed by atoms with E-state index in [4.69, 9.17) is 16.3 Å². The smallest absolute Gasteiger partial charge is 0.255 e. The van der Waals surface area contributed by atoms with Gasteiger partial charge in [-0.1, -0.05) is 23.7 Å². The Morgan fingerprint density at radius 3 is 2.38 bits per heavy atom. The van der Waals surface area contributed by atoms with Crippen molar-refractivity contribution in [1.82, 2.24) is 30.0 Å². The molecule has 5 heterocycles. The maximum Gasteiger partial charge on any atom is 0.255 e. The number of imide groups is 1. The predicted molar refractivity (Wildman–Crippen MR) is 260 cm³/mol. The number of ether oxygens (including phenoxy) is 1. The Hall–Kier alpha value is -5.54. The van der Waals surface area contributed by atoms with E-state index in [9.17, 15) is 23.7 Å². The number of halogens is 1. The molecule has 4 aromatic rings. The summed E-state index contributed by atoms with van der Waals surface area (Å²) in [6.45, 7) is 12.6. The SMILES string of the molecule is COc1cc(N2CCC(N3CCN(CCCC4CN(c5ccc(C=O)c(C(=O)N(C)C6CCC(=O)NC6=O)c5)C4)CC3)CC2)ccc1Nc1ncc(Cl)c(Nc2ccccc2P(C)(C)=O)n1. The first-order chi connectivity index (χ1) is 31.8. The Labute approximate surface area is 391 Å². The lowest BCUT2D eigenvalue weighted by Crippen LogP contribution is -2.53. The first-order valence-electron chi connectivity index (χ1n) is 22.8. The fraction of sp³-hybridized carbons (Fsp3) is 0.458. The van der Waals surface area contributed by atoms with Crippen molar-refractivity contribution < 1.29 is 28.5 Å². The van der Waals surface area contributed by atoms with Crippen LogP contribution in [0.2, 0.25) is 5.02 Å². The number of para-hydroxylation sites is 1. The lowest BCUT2D eigenvalue weighted by atomic mass is 9.93. The second-order valence-corrected chi connectivity index (χ2v) is 21.8. The van der Waals surface area contributed by atoms with Gasteiger partial charge in [-0.15, -0.1) is 0 Å². The fourth-order valence-electron chi connectivity index (χ4n) is 9.61. The first-order valence-corrected chi connectivity index (χ1v) is 25.8. The lowest BCUT2D eigenvalue weighted by Gasteiger charge is -2.44. The number of piperidine rings is 2. The monoisotopic (exact) mass is 938 g/mol. The molecule has 0 aliphatic carbocycles. The third-order valence-electron chi connectivity index (χ3n) is 13.5. The molecule has 1 unspecified atom stereocenters. The van der Waals surface area contributed by atoms with E-state index in [-0.39, 0.29) is 29.9 Å². The highest BCUT2D eigenvalue weighted by atomic mass is 35.5. The second kappa shape index (κ2) is 20.5. The summed E-state index contributed by atoms with van der Waals surface area (Å²) in [5, 5.41) is 9.91. The van der Waals surface area contributed by atoms with Crippen molar-refractivity contribution in [3.05, 3.63) is 83.0 Å². The van der Waals surface area contributed by atoms with E-state index in [1.54, 1.807) is 39.6 Å². The summed E-state index contributed by atoms with van der Waals surface area (Å²) in [6.07, 6.45) is 7.13. The number of piperazine rings is 1. The number of carbonyl (C=O) groups is 4. The molecule has 0 saturated carbocycles. The van der Waals surface area contributed by atoms with Crippen LogP contribution in [0.25, 0.3) is 0 Å². The van der Waals surface area contributed by atoms with Crippen LogP contribution in [0.4, 0.5) is 34.5 Å². The molecule has 0 bridgehead atoms. The molecule has 0 radical (unpaired) electrons. The number of rotatable bonds is 16. The minimum atomic E-state index is -2.55. The predicted octanol–water partition coefficient (Wildman–Crippen LogP) is 6.07. The molecular formula is C48H60ClN10O6P. The van der Waals surface area contributed by atoms with Crippen LogP contribution in [0.1, 0.15) is 59.2 Å². The summed E-state index contributed by atoms with van der Waals surface area (Å²) in [5.41, 5.74) is 3.97. The Bertz CT molecular complexity index is 2480. The Kier molecular flexibility index (Phi) is 14.6. The summed E-state index contributed by atoms with van der Waals surface area (Å²) in [5.74, 6) is 0.770. The highest BCUT2D eigenvalue weighted by Crippen LogP contribution is 2.39. The lowest BCUT2D eigenvalue weighted by molar-refractivity contribution is -0.136. The molecule has 4 saturated heterocycles. The highest BCUT2D eigenvalue weighted by Gasteiger charge is 2.35. The molecule has 3 amide bonds. The van der Waals surface area contributed by atoms with Crippen LogP contribution in [0.5, 0.6) is 5.75 Å². The number of anilines is 6. The van der Waals surface area contributed by atoms with E-state index in [0.717, 1.165) is 107 Å². The number of aldehydes is 1. The van der Waals surface area contributed by atoms with E-state index in [1.807, 2.05) is 36.4 Å². The van der Waals surface area contributed by atoms with E-state index >= 15 is 0 Å². The average molecular weight is 939 g/mol. The van der Waals surface area contributed by atoms with Gasteiger partial charge in [0.05, 0.1) is 30.2 Å². The molecule has 3 aromatic carbocycles. The molecule has 18 heteroatoms. The quantitative estimate of drug-likeness (QED) is 0.0672. The van der Waals surface area contributed by atoms with Gasteiger partial charge in [0.15, 0.2) is 12.1 Å². The van der Waals surface area contributed by atoms with Gasteiger partial charge in [0.2, 0.25) is 17.8 Å². The molecule has 66 heavy (non-hydrogen) atoms. The molecule has 0 spiro atoms. The van der Waals surface area contributed by atoms with Crippen molar-refractivity contribution in [1.29, 1.82) is 0 Å². The third-order valence-corrected chi connectivity index (χ3v) is 15.3. The van der Waals surface area contributed by atoms with Gasteiger partial charge >= 0.3 is 0 Å². The number of methoxy groups -OCH3 is 1. The van der Waals surface area contributed by atoms with Crippen LogP contribution in [0.3, 0.4) is 0 Å². The third kappa shape index (κ3) is 10.8. The summed E-state index contributed by atoms with van der Waals surface area (Å²) >= 11 is 6.49. The molecular weight excluding hydrogens is 879 g/mol. The van der Waals surface area contributed by atoms with Crippen LogP contribution in [0.15, 0.2) is 66.9 Å². The number of benzene rings is 3. The molecule has 4 aliphatic rings.